The molecule has 1 heterocycles. The Labute approximate surface area is 62.2 Å². The van der Waals surface area contributed by atoms with Crippen molar-refractivity contribution in [3.8, 4) is 0 Å². The standard InChI is InChI=1S/C7H5NOS/c9-5-2-1-3-6-7(5)8-4-10-6/h1,3-4H,2H2. The van der Waals surface area contributed by atoms with Gasteiger partial charge in [-0.2, -0.15) is 0 Å². The zero-order valence-electron chi connectivity index (χ0n) is 5.20. The van der Waals surface area contributed by atoms with Crippen LogP contribution in [0.25, 0.3) is 6.08 Å². The molecule has 0 aromatic carbocycles. The summed E-state index contributed by atoms with van der Waals surface area (Å²) in [6.07, 6.45) is 4.34. The highest BCUT2D eigenvalue weighted by Crippen LogP contribution is 2.20. The van der Waals surface area contributed by atoms with E-state index in [1.165, 1.54) is 11.3 Å². The highest BCUT2D eigenvalue weighted by Gasteiger charge is 2.14. The minimum absolute atomic E-state index is 0.138. The topological polar surface area (TPSA) is 30.0 Å². The molecule has 0 aliphatic heterocycles. The van der Waals surface area contributed by atoms with E-state index in [0.29, 0.717) is 12.1 Å². The van der Waals surface area contributed by atoms with Gasteiger partial charge in [0, 0.05) is 6.42 Å². The number of allylic oxidation sites excluding steroid dienone is 1. The van der Waals surface area contributed by atoms with Crippen LogP contribution in [0, 0.1) is 0 Å². The van der Waals surface area contributed by atoms with Crippen molar-refractivity contribution in [2.75, 3.05) is 0 Å². The quantitative estimate of drug-likeness (QED) is 0.565. The van der Waals surface area contributed by atoms with Gasteiger partial charge in [0.25, 0.3) is 0 Å². The highest BCUT2D eigenvalue weighted by molar-refractivity contribution is 7.10. The lowest BCUT2D eigenvalue weighted by molar-refractivity contribution is 0.0990. The molecule has 0 saturated carbocycles. The fraction of sp³-hybridized carbons (Fsp3) is 0.143. The number of fused-ring (bicyclic) bond motifs is 1. The fourth-order valence-corrected chi connectivity index (χ4v) is 1.68. The molecular weight excluding hydrogens is 146 g/mol. The van der Waals surface area contributed by atoms with Gasteiger partial charge in [-0.1, -0.05) is 6.08 Å². The summed E-state index contributed by atoms with van der Waals surface area (Å²) in [6.45, 7) is 0. The molecule has 2 rings (SSSR count). The van der Waals surface area contributed by atoms with E-state index in [0.717, 1.165) is 4.88 Å². The number of ketones is 1. The summed E-state index contributed by atoms with van der Waals surface area (Å²) in [7, 11) is 0. The zero-order chi connectivity index (χ0) is 6.97. The van der Waals surface area contributed by atoms with E-state index < -0.39 is 0 Å². The number of carbonyl (C=O) groups excluding carboxylic acids is 1. The Hall–Kier alpha value is -0.960. The van der Waals surface area contributed by atoms with Gasteiger partial charge in [-0.15, -0.1) is 11.3 Å². The van der Waals surface area contributed by atoms with Gasteiger partial charge in [0.15, 0.2) is 5.78 Å². The van der Waals surface area contributed by atoms with Crippen LogP contribution in [-0.4, -0.2) is 10.8 Å². The minimum atomic E-state index is 0.138. The number of thiazole rings is 1. The Bertz CT molecular complexity index is 300. The maximum Gasteiger partial charge on any atom is 0.186 e. The summed E-state index contributed by atoms with van der Waals surface area (Å²) in [4.78, 5) is 16.0. The first kappa shape index (κ1) is 5.80. The van der Waals surface area contributed by atoms with Crippen molar-refractivity contribution in [2.45, 2.75) is 6.42 Å². The molecule has 1 aliphatic carbocycles. The predicted octanol–water partition coefficient (Wildman–Crippen LogP) is 1.74. The third-order valence-electron chi connectivity index (χ3n) is 1.43. The normalized spacial score (nSPS) is 15.4. The lowest BCUT2D eigenvalue weighted by Crippen LogP contribution is -2.02. The molecule has 0 N–H and O–H groups in total. The average molecular weight is 151 g/mol. The van der Waals surface area contributed by atoms with Crippen LogP contribution in [0.2, 0.25) is 0 Å². The Morgan fingerprint density at radius 1 is 1.60 bits per heavy atom. The molecule has 3 heteroatoms. The molecule has 0 amide bonds. The molecule has 50 valence electrons. The van der Waals surface area contributed by atoms with Crippen LogP contribution in [0.4, 0.5) is 0 Å². The molecule has 0 radical (unpaired) electrons. The number of carbonyl (C=O) groups is 1. The highest BCUT2D eigenvalue weighted by atomic mass is 32.1. The van der Waals surface area contributed by atoms with E-state index >= 15 is 0 Å². The lowest BCUT2D eigenvalue weighted by Gasteiger charge is -1.99. The molecule has 0 spiro atoms. The summed E-state index contributed by atoms with van der Waals surface area (Å²) in [5.41, 5.74) is 2.35. The maximum absolute atomic E-state index is 11.0. The van der Waals surface area contributed by atoms with Crippen molar-refractivity contribution in [3.05, 3.63) is 22.2 Å². The molecule has 0 fully saturated rings. The van der Waals surface area contributed by atoms with Crippen LogP contribution < -0.4 is 0 Å². The number of rotatable bonds is 0. The van der Waals surface area contributed by atoms with Crippen molar-refractivity contribution in [1.29, 1.82) is 0 Å². The van der Waals surface area contributed by atoms with Gasteiger partial charge >= 0.3 is 0 Å². The van der Waals surface area contributed by atoms with E-state index in [9.17, 15) is 4.79 Å². The van der Waals surface area contributed by atoms with E-state index in [1.54, 1.807) is 5.51 Å². The molecular formula is C7H5NOS. The monoisotopic (exact) mass is 151 g/mol. The number of nitrogens with zero attached hydrogens (tertiary/aromatic N) is 1. The van der Waals surface area contributed by atoms with Crippen LogP contribution in [0.15, 0.2) is 11.6 Å². The van der Waals surface area contributed by atoms with Gasteiger partial charge in [0.2, 0.25) is 0 Å². The van der Waals surface area contributed by atoms with Gasteiger partial charge in [-0.05, 0) is 6.08 Å². The average Bonchev–Trinajstić information content (AvgIpc) is 2.36. The summed E-state index contributed by atoms with van der Waals surface area (Å²) >= 11 is 1.51. The summed E-state index contributed by atoms with van der Waals surface area (Å²) in [5, 5.41) is 0. The predicted molar refractivity (Wildman–Crippen MR) is 40.1 cm³/mol. The summed E-state index contributed by atoms with van der Waals surface area (Å²) < 4.78 is 0. The second kappa shape index (κ2) is 2.02. The first-order valence-corrected chi connectivity index (χ1v) is 3.89. The van der Waals surface area contributed by atoms with E-state index in [2.05, 4.69) is 4.98 Å². The first-order valence-electron chi connectivity index (χ1n) is 3.01. The zero-order valence-corrected chi connectivity index (χ0v) is 6.02. The molecule has 0 unspecified atom stereocenters. The van der Waals surface area contributed by atoms with Crippen molar-refractivity contribution < 1.29 is 4.79 Å². The van der Waals surface area contributed by atoms with E-state index in [4.69, 9.17) is 0 Å². The number of hydrogen-bond donors (Lipinski definition) is 0. The van der Waals surface area contributed by atoms with Crippen molar-refractivity contribution >= 4 is 23.2 Å². The third-order valence-corrected chi connectivity index (χ3v) is 2.23. The van der Waals surface area contributed by atoms with Gasteiger partial charge in [0.1, 0.15) is 5.69 Å². The Morgan fingerprint density at radius 2 is 2.50 bits per heavy atom. The van der Waals surface area contributed by atoms with E-state index in [1.807, 2.05) is 12.2 Å². The smallest absolute Gasteiger partial charge is 0.186 e. The number of hydrogen-bond acceptors (Lipinski definition) is 3. The van der Waals surface area contributed by atoms with Crippen LogP contribution >= 0.6 is 11.3 Å². The maximum atomic E-state index is 11.0. The summed E-state index contributed by atoms with van der Waals surface area (Å²) in [5.74, 6) is 0.138. The molecule has 2 nitrogen and oxygen atoms in total. The van der Waals surface area contributed by atoms with Gasteiger partial charge in [-0.25, -0.2) is 4.98 Å². The Balaban J connectivity index is 2.62. The SMILES string of the molecule is O=C1CC=Cc2scnc21. The largest absolute Gasteiger partial charge is 0.292 e. The first-order chi connectivity index (χ1) is 4.88. The Kier molecular flexibility index (Phi) is 1.17. The van der Waals surface area contributed by atoms with Gasteiger partial charge < -0.3 is 0 Å². The fourth-order valence-electron chi connectivity index (χ4n) is 0.953. The van der Waals surface area contributed by atoms with Crippen LogP contribution in [0.5, 0.6) is 0 Å². The second-order valence-electron chi connectivity index (χ2n) is 2.09. The molecule has 1 aromatic rings. The van der Waals surface area contributed by atoms with Crippen LogP contribution in [0.1, 0.15) is 21.8 Å². The number of Topliss-reactive ketones (excluding diaryl/α,β-unsaturated/α-hetero) is 1. The van der Waals surface area contributed by atoms with Crippen LogP contribution in [-0.2, 0) is 0 Å². The molecule has 1 aliphatic rings. The third kappa shape index (κ3) is 0.708. The summed E-state index contributed by atoms with van der Waals surface area (Å²) in [6, 6.07) is 0. The molecule has 0 atom stereocenters. The lowest BCUT2D eigenvalue weighted by atomic mass is 10.1. The molecule has 0 saturated heterocycles. The molecule has 1 aromatic heterocycles. The second-order valence-corrected chi connectivity index (χ2v) is 2.98. The van der Waals surface area contributed by atoms with E-state index in [-0.39, 0.29) is 5.78 Å². The van der Waals surface area contributed by atoms with Crippen molar-refractivity contribution in [1.82, 2.24) is 4.98 Å². The Morgan fingerprint density at radius 3 is 3.30 bits per heavy atom. The molecule has 10 heavy (non-hydrogen) atoms. The van der Waals surface area contributed by atoms with Gasteiger partial charge in [-0.3, -0.25) is 4.79 Å². The minimum Gasteiger partial charge on any atom is -0.292 e. The molecule has 0 bridgehead atoms. The van der Waals surface area contributed by atoms with Gasteiger partial charge in [0.05, 0.1) is 10.4 Å². The van der Waals surface area contributed by atoms with Crippen LogP contribution in [0.3, 0.4) is 0 Å². The van der Waals surface area contributed by atoms with Crippen molar-refractivity contribution in [2.24, 2.45) is 0 Å². The van der Waals surface area contributed by atoms with Crippen molar-refractivity contribution in [3.63, 3.8) is 0 Å². The number of aromatic nitrogens is 1.